The van der Waals surface area contributed by atoms with Gasteiger partial charge in [-0.1, -0.05) is 13.8 Å². The molecule has 132 valence electrons. The number of rotatable bonds is 6. The van der Waals surface area contributed by atoms with Crippen LogP contribution in [-0.4, -0.2) is 31.5 Å². The van der Waals surface area contributed by atoms with Gasteiger partial charge in [0.25, 0.3) is 0 Å². The zero-order valence-corrected chi connectivity index (χ0v) is 14.9. The minimum absolute atomic E-state index is 0.0815. The highest BCUT2D eigenvalue weighted by molar-refractivity contribution is 5.68. The topological polar surface area (TPSA) is 49.0 Å². The molecular formula is C19H27NO4. The number of hydrogen-bond acceptors (Lipinski definition) is 5. The van der Waals surface area contributed by atoms with E-state index in [1.807, 2.05) is 32.0 Å². The van der Waals surface area contributed by atoms with E-state index in [1.54, 1.807) is 0 Å². The van der Waals surface area contributed by atoms with Crippen LogP contribution in [0.3, 0.4) is 0 Å². The lowest BCUT2D eigenvalue weighted by Gasteiger charge is -2.17. The molecule has 1 aromatic carbocycles. The Balaban J connectivity index is 1.84. The Morgan fingerprint density at radius 1 is 1.21 bits per heavy atom. The van der Waals surface area contributed by atoms with Gasteiger partial charge < -0.3 is 14.2 Å². The molecule has 0 radical (unpaired) electrons. The van der Waals surface area contributed by atoms with Crippen LogP contribution >= 0.6 is 0 Å². The van der Waals surface area contributed by atoms with E-state index in [0.29, 0.717) is 19.1 Å². The molecule has 0 saturated carbocycles. The van der Waals surface area contributed by atoms with E-state index < -0.39 is 0 Å². The molecule has 1 aromatic rings. The number of benzene rings is 1. The van der Waals surface area contributed by atoms with E-state index >= 15 is 0 Å². The van der Waals surface area contributed by atoms with Gasteiger partial charge in [0, 0.05) is 18.6 Å². The van der Waals surface area contributed by atoms with E-state index in [4.69, 9.17) is 19.0 Å². The first-order valence-corrected chi connectivity index (χ1v) is 8.66. The van der Waals surface area contributed by atoms with Gasteiger partial charge in [-0.05, 0) is 44.0 Å². The molecule has 1 N–H and O–H groups in total. The maximum atomic E-state index is 5.95. The summed E-state index contributed by atoms with van der Waals surface area (Å²) in [6.45, 7) is 10.3. The maximum absolute atomic E-state index is 5.95. The van der Waals surface area contributed by atoms with Crippen molar-refractivity contribution in [2.75, 3.05) is 19.8 Å². The Morgan fingerprint density at radius 3 is 2.71 bits per heavy atom. The average Bonchev–Trinajstić information content (AvgIpc) is 3.16. The first-order valence-electron chi connectivity index (χ1n) is 8.66. The second-order valence-corrected chi connectivity index (χ2v) is 7.16. The molecule has 0 bridgehead atoms. The highest BCUT2D eigenvalue weighted by Crippen LogP contribution is 2.36. The van der Waals surface area contributed by atoms with Crippen molar-refractivity contribution in [3.8, 4) is 11.5 Å². The molecular weight excluding hydrogens is 306 g/mol. The summed E-state index contributed by atoms with van der Waals surface area (Å²) >= 11 is 0. The van der Waals surface area contributed by atoms with Crippen molar-refractivity contribution in [2.24, 2.45) is 5.92 Å². The number of hydroxylamine groups is 1. The van der Waals surface area contributed by atoms with Crippen LogP contribution < -0.4 is 15.0 Å². The van der Waals surface area contributed by atoms with Gasteiger partial charge in [0.15, 0.2) is 11.5 Å². The molecule has 24 heavy (non-hydrogen) atoms. The van der Waals surface area contributed by atoms with E-state index in [1.165, 1.54) is 0 Å². The van der Waals surface area contributed by atoms with Gasteiger partial charge >= 0.3 is 0 Å². The van der Waals surface area contributed by atoms with Crippen LogP contribution in [0.5, 0.6) is 11.5 Å². The van der Waals surface area contributed by atoms with Gasteiger partial charge in [-0.2, -0.15) is 0 Å². The predicted molar refractivity (Wildman–Crippen MR) is 92.9 cm³/mol. The van der Waals surface area contributed by atoms with Crippen molar-refractivity contribution < 1.29 is 19.0 Å². The highest BCUT2D eigenvalue weighted by Gasteiger charge is 2.39. The molecule has 1 unspecified atom stereocenters. The zero-order chi connectivity index (χ0) is 17.2. The van der Waals surface area contributed by atoms with Crippen molar-refractivity contribution in [1.82, 2.24) is 5.48 Å². The van der Waals surface area contributed by atoms with Gasteiger partial charge in [-0.3, -0.25) is 10.3 Å². The fourth-order valence-electron chi connectivity index (χ4n) is 2.77. The minimum atomic E-state index is -0.332. The summed E-state index contributed by atoms with van der Waals surface area (Å²) in [6, 6.07) is 6.00. The Bertz CT molecular complexity index is 603. The molecule has 1 spiro atoms. The fourth-order valence-corrected chi connectivity index (χ4v) is 2.77. The number of hydrogen-bond donors (Lipinski definition) is 1. The lowest BCUT2D eigenvalue weighted by Crippen LogP contribution is -2.29. The second-order valence-electron chi connectivity index (χ2n) is 7.16. The quantitative estimate of drug-likeness (QED) is 0.863. The third-order valence-electron chi connectivity index (χ3n) is 3.98. The highest BCUT2D eigenvalue weighted by atomic mass is 16.7. The molecule has 2 heterocycles. The summed E-state index contributed by atoms with van der Waals surface area (Å²) in [5, 5.41) is 0. The van der Waals surface area contributed by atoms with Crippen molar-refractivity contribution in [3.05, 3.63) is 29.8 Å². The van der Waals surface area contributed by atoms with E-state index in [0.717, 1.165) is 35.8 Å². The van der Waals surface area contributed by atoms with Gasteiger partial charge in [0.1, 0.15) is 5.60 Å². The summed E-state index contributed by atoms with van der Waals surface area (Å²) in [5.74, 6) is 2.00. The van der Waals surface area contributed by atoms with Crippen molar-refractivity contribution in [2.45, 2.75) is 45.8 Å². The average molecular weight is 333 g/mol. The molecule has 1 atom stereocenters. The van der Waals surface area contributed by atoms with Gasteiger partial charge in [-0.15, -0.1) is 0 Å². The monoisotopic (exact) mass is 333 g/mol. The van der Waals surface area contributed by atoms with Crippen molar-refractivity contribution >= 4 is 5.70 Å². The molecule has 5 nitrogen and oxygen atoms in total. The van der Waals surface area contributed by atoms with Crippen LogP contribution in [0, 0.1) is 5.92 Å². The van der Waals surface area contributed by atoms with Crippen LogP contribution in [0.4, 0.5) is 0 Å². The standard InChI is InChI=1S/C19H27NO4/c1-13(2)11-22-17-6-5-15(9-18(17)23-14(3)4)16-10-19(24-20-16)7-8-21-12-19/h5-6,9-10,13-14,20H,7-8,11-12H2,1-4H3. The van der Waals surface area contributed by atoms with Crippen molar-refractivity contribution in [3.63, 3.8) is 0 Å². The molecule has 3 rings (SSSR count). The first-order chi connectivity index (χ1) is 11.5. The number of nitrogens with one attached hydrogen (secondary N) is 1. The number of ether oxygens (including phenoxy) is 3. The minimum Gasteiger partial charge on any atom is -0.489 e. The van der Waals surface area contributed by atoms with Crippen molar-refractivity contribution in [1.29, 1.82) is 0 Å². The predicted octanol–water partition coefficient (Wildman–Crippen LogP) is 3.54. The largest absolute Gasteiger partial charge is 0.489 e. The van der Waals surface area contributed by atoms with E-state index in [2.05, 4.69) is 25.4 Å². The van der Waals surface area contributed by atoms with Crippen LogP contribution in [0.25, 0.3) is 5.70 Å². The molecule has 0 aliphatic carbocycles. The Kier molecular flexibility index (Phi) is 5.01. The van der Waals surface area contributed by atoms with Gasteiger partial charge in [0.05, 0.1) is 25.0 Å². The molecule has 1 saturated heterocycles. The zero-order valence-electron chi connectivity index (χ0n) is 14.9. The molecule has 2 aliphatic heterocycles. The Labute approximate surface area is 143 Å². The van der Waals surface area contributed by atoms with E-state index in [-0.39, 0.29) is 11.7 Å². The lowest BCUT2D eigenvalue weighted by molar-refractivity contribution is -0.0373. The maximum Gasteiger partial charge on any atom is 0.162 e. The van der Waals surface area contributed by atoms with Crippen LogP contribution in [0.2, 0.25) is 0 Å². The summed E-state index contributed by atoms with van der Waals surface area (Å²) < 4.78 is 17.3. The van der Waals surface area contributed by atoms with E-state index in [9.17, 15) is 0 Å². The van der Waals surface area contributed by atoms with Crippen LogP contribution in [0.1, 0.15) is 39.7 Å². The molecule has 2 aliphatic rings. The third kappa shape index (κ3) is 3.84. The lowest BCUT2D eigenvalue weighted by atomic mass is 10.0. The Morgan fingerprint density at radius 2 is 2.04 bits per heavy atom. The normalized spacial score (nSPS) is 23.0. The second kappa shape index (κ2) is 7.03. The van der Waals surface area contributed by atoms with Gasteiger partial charge in [-0.25, -0.2) is 0 Å². The summed E-state index contributed by atoms with van der Waals surface area (Å²) in [4.78, 5) is 5.76. The van der Waals surface area contributed by atoms with Gasteiger partial charge in [0.2, 0.25) is 0 Å². The smallest absolute Gasteiger partial charge is 0.162 e. The molecule has 1 fully saturated rings. The summed E-state index contributed by atoms with van der Waals surface area (Å²) in [7, 11) is 0. The van der Waals surface area contributed by atoms with Crippen LogP contribution in [0.15, 0.2) is 24.3 Å². The SMILES string of the molecule is CC(C)COc1ccc(C2=CC3(CCOC3)ON2)cc1OC(C)C. The third-order valence-corrected chi connectivity index (χ3v) is 3.98. The summed E-state index contributed by atoms with van der Waals surface area (Å²) in [5.41, 5.74) is 4.68. The fraction of sp³-hybridized carbons (Fsp3) is 0.579. The summed E-state index contributed by atoms with van der Waals surface area (Å²) in [6.07, 6.45) is 3.07. The van der Waals surface area contributed by atoms with Crippen LogP contribution in [-0.2, 0) is 9.57 Å². The Hall–Kier alpha value is -1.72. The molecule has 5 heteroatoms. The molecule has 0 aromatic heterocycles. The first kappa shape index (κ1) is 17.1. The molecule has 0 amide bonds.